The Morgan fingerprint density at radius 3 is 2.29 bits per heavy atom. The SMILES string of the molecule is COc1ccc(CNC(=O)c2cnc(NCCc3ccc(Cl)cc3)nc2)cc1. The standard InChI is InChI=1S/C21H21ClN4O2/c1-28-19-8-4-16(5-9-19)12-24-20(27)17-13-25-21(26-14-17)23-11-10-15-2-6-18(22)7-3-15/h2-9,13-14H,10-12H2,1H3,(H,24,27)(H,23,25,26). The topological polar surface area (TPSA) is 76.1 Å². The highest BCUT2D eigenvalue weighted by Crippen LogP contribution is 2.12. The number of nitrogens with zero attached hydrogens (tertiary/aromatic N) is 2. The lowest BCUT2D eigenvalue weighted by molar-refractivity contribution is 0.0950. The summed E-state index contributed by atoms with van der Waals surface area (Å²) >= 11 is 5.88. The average Bonchev–Trinajstić information content (AvgIpc) is 2.74. The summed E-state index contributed by atoms with van der Waals surface area (Å²) in [6.07, 6.45) is 3.85. The van der Waals surface area contributed by atoms with Crippen LogP contribution in [-0.2, 0) is 13.0 Å². The van der Waals surface area contributed by atoms with E-state index in [0.717, 1.165) is 22.8 Å². The van der Waals surface area contributed by atoms with Gasteiger partial charge < -0.3 is 15.4 Å². The first-order valence-electron chi connectivity index (χ1n) is 8.85. The van der Waals surface area contributed by atoms with Crippen molar-refractivity contribution < 1.29 is 9.53 Å². The molecule has 0 aliphatic heterocycles. The number of methoxy groups -OCH3 is 1. The summed E-state index contributed by atoms with van der Waals surface area (Å²) in [5.74, 6) is 1.05. The second kappa shape index (κ2) is 9.71. The van der Waals surface area contributed by atoms with Crippen molar-refractivity contribution in [1.29, 1.82) is 0 Å². The molecule has 6 nitrogen and oxygen atoms in total. The molecular formula is C21H21ClN4O2. The number of carbonyl (C=O) groups excluding carboxylic acids is 1. The zero-order valence-electron chi connectivity index (χ0n) is 15.5. The van der Waals surface area contributed by atoms with Gasteiger partial charge in [-0.1, -0.05) is 35.9 Å². The maximum Gasteiger partial charge on any atom is 0.254 e. The second-order valence-corrected chi connectivity index (χ2v) is 6.57. The molecule has 7 heteroatoms. The molecule has 0 atom stereocenters. The number of anilines is 1. The first kappa shape index (κ1) is 19.6. The first-order valence-corrected chi connectivity index (χ1v) is 9.23. The fraction of sp³-hybridized carbons (Fsp3) is 0.190. The maximum absolute atomic E-state index is 12.2. The van der Waals surface area contributed by atoms with Gasteiger partial charge >= 0.3 is 0 Å². The van der Waals surface area contributed by atoms with Crippen LogP contribution in [0.5, 0.6) is 5.75 Å². The Balaban J connectivity index is 1.46. The molecule has 1 amide bonds. The number of halogens is 1. The highest BCUT2D eigenvalue weighted by Gasteiger charge is 2.07. The molecule has 0 unspecified atom stereocenters. The van der Waals surface area contributed by atoms with Gasteiger partial charge in [-0.15, -0.1) is 0 Å². The zero-order valence-corrected chi connectivity index (χ0v) is 16.2. The number of amides is 1. The lowest BCUT2D eigenvalue weighted by atomic mass is 10.1. The molecular weight excluding hydrogens is 376 g/mol. The fourth-order valence-electron chi connectivity index (χ4n) is 2.53. The molecule has 2 aromatic carbocycles. The smallest absolute Gasteiger partial charge is 0.254 e. The van der Waals surface area contributed by atoms with E-state index in [9.17, 15) is 4.79 Å². The van der Waals surface area contributed by atoms with Crippen molar-refractivity contribution >= 4 is 23.5 Å². The molecule has 0 fully saturated rings. The van der Waals surface area contributed by atoms with Crippen molar-refractivity contribution in [1.82, 2.24) is 15.3 Å². The van der Waals surface area contributed by atoms with E-state index >= 15 is 0 Å². The van der Waals surface area contributed by atoms with E-state index in [2.05, 4.69) is 20.6 Å². The molecule has 0 aliphatic carbocycles. The van der Waals surface area contributed by atoms with E-state index in [1.165, 1.54) is 18.0 Å². The number of nitrogens with one attached hydrogen (secondary N) is 2. The summed E-state index contributed by atoms with van der Waals surface area (Å²) in [4.78, 5) is 20.6. The number of carbonyl (C=O) groups is 1. The van der Waals surface area contributed by atoms with Crippen molar-refractivity contribution in [2.75, 3.05) is 19.0 Å². The van der Waals surface area contributed by atoms with Gasteiger partial charge in [0.15, 0.2) is 0 Å². The minimum absolute atomic E-state index is 0.219. The molecule has 0 aliphatic rings. The second-order valence-electron chi connectivity index (χ2n) is 6.13. The van der Waals surface area contributed by atoms with Crippen LogP contribution in [0.25, 0.3) is 0 Å². The minimum Gasteiger partial charge on any atom is -0.497 e. The molecule has 3 rings (SSSR count). The van der Waals surface area contributed by atoms with E-state index in [0.29, 0.717) is 24.6 Å². The van der Waals surface area contributed by atoms with Crippen LogP contribution in [0.1, 0.15) is 21.5 Å². The lowest BCUT2D eigenvalue weighted by Crippen LogP contribution is -2.23. The van der Waals surface area contributed by atoms with Gasteiger partial charge in [-0.25, -0.2) is 9.97 Å². The Hall–Kier alpha value is -3.12. The number of ether oxygens (including phenoxy) is 1. The van der Waals surface area contributed by atoms with Gasteiger partial charge in [-0.05, 0) is 41.8 Å². The fourth-order valence-corrected chi connectivity index (χ4v) is 2.66. The van der Waals surface area contributed by atoms with Crippen LogP contribution >= 0.6 is 11.6 Å². The minimum atomic E-state index is -0.219. The third-order valence-corrected chi connectivity index (χ3v) is 4.39. The predicted molar refractivity (Wildman–Crippen MR) is 110 cm³/mol. The van der Waals surface area contributed by atoms with Crippen LogP contribution in [-0.4, -0.2) is 29.5 Å². The third-order valence-electron chi connectivity index (χ3n) is 4.14. The summed E-state index contributed by atoms with van der Waals surface area (Å²) in [6, 6.07) is 15.2. The molecule has 0 saturated heterocycles. The molecule has 2 N–H and O–H groups in total. The Morgan fingerprint density at radius 1 is 1.00 bits per heavy atom. The largest absolute Gasteiger partial charge is 0.497 e. The molecule has 144 valence electrons. The van der Waals surface area contributed by atoms with Gasteiger partial charge in [0.05, 0.1) is 12.7 Å². The van der Waals surface area contributed by atoms with Crippen molar-refractivity contribution in [3.05, 3.63) is 82.6 Å². The summed E-state index contributed by atoms with van der Waals surface area (Å²) in [7, 11) is 1.62. The quantitative estimate of drug-likeness (QED) is 0.606. The van der Waals surface area contributed by atoms with Crippen LogP contribution < -0.4 is 15.4 Å². The van der Waals surface area contributed by atoms with Crippen molar-refractivity contribution in [3.63, 3.8) is 0 Å². The molecule has 3 aromatic rings. The number of hydrogen-bond acceptors (Lipinski definition) is 5. The molecule has 28 heavy (non-hydrogen) atoms. The summed E-state index contributed by atoms with van der Waals surface area (Å²) in [5, 5.41) is 6.72. The Morgan fingerprint density at radius 2 is 1.64 bits per heavy atom. The zero-order chi connectivity index (χ0) is 19.8. The van der Waals surface area contributed by atoms with Crippen molar-refractivity contribution in [3.8, 4) is 5.75 Å². The molecule has 0 radical (unpaired) electrons. The van der Waals surface area contributed by atoms with Crippen LogP contribution in [0.4, 0.5) is 5.95 Å². The van der Waals surface area contributed by atoms with Gasteiger partial charge in [0.25, 0.3) is 5.91 Å². The normalized spacial score (nSPS) is 10.4. The number of aromatic nitrogens is 2. The van der Waals surface area contributed by atoms with Gasteiger partial charge in [0.2, 0.25) is 5.95 Å². The van der Waals surface area contributed by atoms with Gasteiger partial charge in [0, 0.05) is 30.5 Å². The monoisotopic (exact) mass is 396 g/mol. The highest BCUT2D eigenvalue weighted by atomic mass is 35.5. The van der Waals surface area contributed by atoms with Gasteiger partial charge in [0.1, 0.15) is 5.75 Å². The molecule has 1 heterocycles. The lowest BCUT2D eigenvalue weighted by Gasteiger charge is -2.08. The molecule has 0 saturated carbocycles. The number of benzene rings is 2. The van der Waals surface area contributed by atoms with E-state index in [4.69, 9.17) is 16.3 Å². The Labute approximate surface area is 168 Å². The van der Waals surface area contributed by atoms with Crippen LogP contribution in [0.2, 0.25) is 5.02 Å². The summed E-state index contributed by atoms with van der Waals surface area (Å²) in [6.45, 7) is 1.11. The van der Waals surface area contributed by atoms with Gasteiger partial charge in [-0.2, -0.15) is 0 Å². The number of hydrogen-bond donors (Lipinski definition) is 2. The van der Waals surface area contributed by atoms with Crippen LogP contribution in [0.3, 0.4) is 0 Å². The van der Waals surface area contributed by atoms with Crippen molar-refractivity contribution in [2.24, 2.45) is 0 Å². The van der Waals surface area contributed by atoms with Crippen LogP contribution in [0.15, 0.2) is 60.9 Å². The predicted octanol–water partition coefficient (Wildman–Crippen LogP) is 3.72. The maximum atomic E-state index is 12.2. The Bertz CT molecular complexity index is 897. The van der Waals surface area contributed by atoms with E-state index in [1.807, 2.05) is 48.5 Å². The summed E-state index contributed by atoms with van der Waals surface area (Å²) in [5.41, 5.74) is 2.57. The van der Waals surface area contributed by atoms with E-state index in [-0.39, 0.29) is 5.91 Å². The average molecular weight is 397 g/mol. The van der Waals surface area contributed by atoms with E-state index < -0.39 is 0 Å². The van der Waals surface area contributed by atoms with E-state index in [1.54, 1.807) is 7.11 Å². The van der Waals surface area contributed by atoms with Crippen molar-refractivity contribution in [2.45, 2.75) is 13.0 Å². The molecule has 1 aromatic heterocycles. The Kier molecular flexibility index (Phi) is 6.81. The first-order chi connectivity index (χ1) is 13.6. The summed E-state index contributed by atoms with van der Waals surface area (Å²) < 4.78 is 5.12. The number of rotatable bonds is 8. The molecule has 0 bridgehead atoms. The third kappa shape index (κ3) is 5.69. The highest BCUT2D eigenvalue weighted by molar-refractivity contribution is 6.30. The van der Waals surface area contributed by atoms with Gasteiger partial charge in [-0.3, -0.25) is 4.79 Å². The molecule has 0 spiro atoms. The van der Waals surface area contributed by atoms with Crippen LogP contribution in [0, 0.1) is 0 Å².